The van der Waals surface area contributed by atoms with Crippen molar-refractivity contribution in [1.29, 1.82) is 5.26 Å². The van der Waals surface area contributed by atoms with Crippen LogP contribution in [0.1, 0.15) is 17.2 Å². The monoisotopic (exact) mass is 330 g/mol. The molecule has 2 aromatic carbocycles. The van der Waals surface area contributed by atoms with Gasteiger partial charge in [-0.25, -0.2) is 12.8 Å². The second-order valence-electron chi connectivity index (χ2n) is 5.03. The lowest BCUT2D eigenvalue weighted by Gasteiger charge is -2.18. The summed E-state index contributed by atoms with van der Waals surface area (Å²) in [5, 5.41) is 9.05. The molecule has 2 aromatic rings. The summed E-state index contributed by atoms with van der Waals surface area (Å²) in [5.41, 5.74) is 0.872. The Bertz CT molecular complexity index is 868. The Morgan fingerprint density at radius 1 is 1.22 bits per heavy atom. The molecule has 4 nitrogen and oxygen atoms in total. The van der Waals surface area contributed by atoms with Gasteiger partial charge in [-0.05, 0) is 25.1 Å². The van der Waals surface area contributed by atoms with Crippen LogP contribution in [0.4, 0.5) is 4.39 Å². The predicted molar refractivity (Wildman–Crippen MR) is 85.4 cm³/mol. The van der Waals surface area contributed by atoms with Gasteiger partial charge in [-0.2, -0.15) is 9.98 Å². The van der Waals surface area contributed by atoms with Crippen molar-refractivity contribution in [3.8, 4) is 6.07 Å². The molecule has 0 aliphatic heterocycles. The van der Waals surface area contributed by atoms with Gasteiger partial charge >= 0.3 is 0 Å². The first-order valence-electron chi connectivity index (χ1n) is 6.77. The number of hydrogen-bond donors (Lipinski definition) is 1. The number of hydrogen-bond acceptors (Lipinski definition) is 3. The molecule has 0 aromatic heterocycles. The molecular formula is C17H15FN2O2S. The highest BCUT2D eigenvalue weighted by Gasteiger charge is 2.25. The van der Waals surface area contributed by atoms with Gasteiger partial charge in [0.1, 0.15) is 5.82 Å². The van der Waals surface area contributed by atoms with Crippen LogP contribution in [0.3, 0.4) is 0 Å². The molecule has 0 fully saturated rings. The molecule has 0 amide bonds. The summed E-state index contributed by atoms with van der Waals surface area (Å²) < 4.78 is 41.3. The van der Waals surface area contributed by atoms with E-state index in [1.54, 1.807) is 24.3 Å². The summed E-state index contributed by atoms with van der Waals surface area (Å²) >= 11 is 0. The number of halogens is 1. The smallest absolute Gasteiger partial charge is 0.207 e. The quantitative estimate of drug-likeness (QED) is 0.856. The summed E-state index contributed by atoms with van der Waals surface area (Å²) in [6.07, 6.45) is 0. The minimum absolute atomic E-state index is 0.0372. The van der Waals surface area contributed by atoms with Crippen LogP contribution in [0.15, 0.2) is 65.6 Å². The van der Waals surface area contributed by atoms with Crippen LogP contribution in [0, 0.1) is 24.1 Å². The fraction of sp³-hybridized carbons (Fsp3) is 0.118. The molecule has 1 N–H and O–H groups in total. The van der Waals surface area contributed by atoms with E-state index >= 15 is 0 Å². The Hall–Kier alpha value is -2.49. The van der Waals surface area contributed by atoms with E-state index < -0.39 is 21.9 Å². The van der Waals surface area contributed by atoms with E-state index in [1.807, 2.05) is 6.92 Å². The van der Waals surface area contributed by atoms with Crippen LogP contribution in [0.25, 0.3) is 0 Å². The average molecular weight is 330 g/mol. The normalized spacial score (nSPS) is 12.4. The molecule has 23 heavy (non-hydrogen) atoms. The molecule has 6 heteroatoms. The predicted octanol–water partition coefficient (Wildman–Crippen LogP) is 3.23. The van der Waals surface area contributed by atoms with E-state index in [4.69, 9.17) is 5.26 Å². The van der Waals surface area contributed by atoms with Crippen molar-refractivity contribution in [3.05, 3.63) is 77.6 Å². The molecule has 0 heterocycles. The standard InChI is InChI=1S/C17H15FN2O2S/c1-12-7-9-14(10-8-12)23(21,22)20-17(13(2)11-19)15-5-3-4-6-16(15)18/h3-10,17,20H,2H2,1H3/t17-/m1/s1. The van der Waals surface area contributed by atoms with Crippen LogP contribution < -0.4 is 4.72 Å². The minimum atomic E-state index is -3.92. The van der Waals surface area contributed by atoms with Gasteiger partial charge in [0, 0.05) is 11.1 Å². The number of rotatable bonds is 5. The van der Waals surface area contributed by atoms with Crippen molar-refractivity contribution in [1.82, 2.24) is 4.72 Å². The second-order valence-corrected chi connectivity index (χ2v) is 6.74. The second kappa shape index (κ2) is 6.73. The zero-order valence-electron chi connectivity index (χ0n) is 12.5. The van der Waals surface area contributed by atoms with Gasteiger partial charge in [-0.3, -0.25) is 0 Å². The van der Waals surface area contributed by atoms with E-state index in [9.17, 15) is 12.8 Å². The molecule has 0 aliphatic carbocycles. The van der Waals surface area contributed by atoms with Crippen LogP contribution in [-0.4, -0.2) is 8.42 Å². The Morgan fingerprint density at radius 2 is 1.83 bits per heavy atom. The first kappa shape index (κ1) is 16.9. The fourth-order valence-electron chi connectivity index (χ4n) is 2.04. The van der Waals surface area contributed by atoms with Gasteiger partial charge < -0.3 is 0 Å². The molecule has 0 saturated heterocycles. The van der Waals surface area contributed by atoms with Gasteiger partial charge in [0.25, 0.3) is 0 Å². The maximum absolute atomic E-state index is 14.0. The van der Waals surface area contributed by atoms with Gasteiger partial charge in [-0.1, -0.05) is 42.5 Å². The summed E-state index contributed by atoms with van der Waals surface area (Å²) in [7, 11) is -3.92. The number of nitrogens with one attached hydrogen (secondary N) is 1. The van der Waals surface area contributed by atoms with Crippen molar-refractivity contribution < 1.29 is 12.8 Å². The summed E-state index contributed by atoms with van der Waals surface area (Å²) in [4.78, 5) is 0.0372. The van der Waals surface area contributed by atoms with Crippen LogP contribution in [-0.2, 0) is 10.0 Å². The zero-order chi connectivity index (χ0) is 17.0. The highest BCUT2D eigenvalue weighted by molar-refractivity contribution is 7.89. The van der Waals surface area contributed by atoms with E-state index in [2.05, 4.69) is 11.3 Å². The first-order valence-corrected chi connectivity index (χ1v) is 8.26. The van der Waals surface area contributed by atoms with Crippen molar-refractivity contribution in [3.63, 3.8) is 0 Å². The number of sulfonamides is 1. The molecule has 0 aliphatic rings. The summed E-state index contributed by atoms with van der Waals surface area (Å²) in [6.45, 7) is 5.37. The lowest BCUT2D eigenvalue weighted by Crippen LogP contribution is -2.30. The first-order chi connectivity index (χ1) is 10.8. The number of benzene rings is 2. The van der Waals surface area contributed by atoms with Crippen LogP contribution in [0.5, 0.6) is 0 Å². The van der Waals surface area contributed by atoms with Crippen molar-refractivity contribution in [2.45, 2.75) is 17.9 Å². The topological polar surface area (TPSA) is 70.0 Å². The van der Waals surface area contributed by atoms with Crippen molar-refractivity contribution in [2.75, 3.05) is 0 Å². The Morgan fingerprint density at radius 3 is 2.39 bits per heavy atom. The maximum atomic E-state index is 14.0. The van der Waals surface area contributed by atoms with E-state index in [0.29, 0.717) is 0 Å². The van der Waals surface area contributed by atoms with Crippen molar-refractivity contribution in [2.24, 2.45) is 0 Å². The van der Waals surface area contributed by atoms with Gasteiger partial charge in [0.2, 0.25) is 10.0 Å². The highest BCUT2D eigenvalue weighted by Crippen LogP contribution is 2.25. The SMILES string of the molecule is C=C(C#N)[C@@H](NS(=O)(=O)c1ccc(C)cc1)c1ccccc1F. The minimum Gasteiger partial charge on any atom is -0.207 e. The average Bonchev–Trinajstić information content (AvgIpc) is 2.53. The molecule has 0 bridgehead atoms. The largest absolute Gasteiger partial charge is 0.241 e. The zero-order valence-corrected chi connectivity index (χ0v) is 13.3. The lowest BCUT2D eigenvalue weighted by molar-refractivity contribution is 0.559. The molecule has 0 saturated carbocycles. The number of aryl methyl sites for hydroxylation is 1. The third kappa shape index (κ3) is 3.83. The number of nitriles is 1. The van der Waals surface area contributed by atoms with Gasteiger partial charge in [-0.15, -0.1) is 0 Å². The summed E-state index contributed by atoms with van der Waals surface area (Å²) in [6, 6.07) is 12.5. The van der Waals surface area contributed by atoms with Gasteiger partial charge in [0.05, 0.1) is 17.0 Å². The Labute approximate surface area is 134 Å². The lowest BCUT2D eigenvalue weighted by atomic mass is 10.0. The maximum Gasteiger partial charge on any atom is 0.241 e. The molecule has 0 spiro atoms. The van der Waals surface area contributed by atoms with Crippen LogP contribution in [0.2, 0.25) is 0 Å². The Kier molecular flexibility index (Phi) is 4.94. The Balaban J connectivity index is 2.43. The highest BCUT2D eigenvalue weighted by atomic mass is 32.2. The molecular weight excluding hydrogens is 315 g/mol. The summed E-state index contributed by atoms with van der Waals surface area (Å²) in [5.74, 6) is -0.611. The van der Waals surface area contributed by atoms with E-state index in [1.165, 1.54) is 30.3 Å². The van der Waals surface area contributed by atoms with Gasteiger partial charge in [0.15, 0.2) is 0 Å². The molecule has 1 atom stereocenters. The third-order valence-corrected chi connectivity index (χ3v) is 4.75. The van der Waals surface area contributed by atoms with E-state index in [0.717, 1.165) is 5.56 Å². The number of nitrogens with zero attached hydrogens (tertiary/aromatic N) is 1. The third-order valence-electron chi connectivity index (χ3n) is 3.31. The fourth-order valence-corrected chi connectivity index (χ4v) is 3.25. The molecule has 0 unspecified atom stereocenters. The molecule has 2 rings (SSSR count). The molecule has 118 valence electrons. The van der Waals surface area contributed by atoms with E-state index in [-0.39, 0.29) is 16.0 Å². The van der Waals surface area contributed by atoms with Crippen molar-refractivity contribution >= 4 is 10.0 Å². The molecule has 0 radical (unpaired) electrons. The van der Waals surface area contributed by atoms with Crippen LogP contribution >= 0.6 is 0 Å².